The zero-order valence-corrected chi connectivity index (χ0v) is 19.7. The number of halogens is 3. The van der Waals surface area contributed by atoms with Crippen molar-refractivity contribution >= 4 is 46.4 Å². The minimum absolute atomic E-state index is 0.0377. The number of anilines is 1. The molecular weight excluding hydrogens is 463 g/mol. The molecule has 1 heterocycles. The van der Waals surface area contributed by atoms with E-state index in [0.29, 0.717) is 33.1 Å². The van der Waals surface area contributed by atoms with Crippen molar-refractivity contribution in [3.8, 4) is 0 Å². The van der Waals surface area contributed by atoms with Gasteiger partial charge < -0.3 is 9.80 Å². The zero-order chi connectivity index (χ0) is 22.2. The van der Waals surface area contributed by atoms with E-state index in [2.05, 4.69) is 29.2 Å². The van der Waals surface area contributed by atoms with Crippen LogP contribution in [-0.2, 0) is 6.42 Å². The SMILES string of the molecule is O=C(c1cccc(Cl)c1)N1CCN(c2ccc(Cl)c(Cl)c2)C[C@@H]1[C@@H]1CCc2ccccc21. The first kappa shape index (κ1) is 21.6. The Labute approximate surface area is 203 Å². The first-order valence-corrected chi connectivity index (χ1v) is 12.0. The van der Waals surface area contributed by atoms with E-state index in [1.54, 1.807) is 12.1 Å². The molecule has 5 rings (SSSR count). The summed E-state index contributed by atoms with van der Waals surface area (Å²) in [7, 11) is 0. The number of rotatable bonds is 3. The zero-order valence-electron chi connectivity index (χ0n) is 17.5. The van der Waals surface area contributed by atoms with E-state index in [-0.39, 0.29) is 11.9 Å². The van der Waals surface area contributed by atoms with Gasteiger partial charge >= 0.3 is 0 Å². The summed E-state index contributed by atoms with van der Waals surface area (Å²) in [5, 5.41) is 1.67. The van der Waals surface area contributed by atoms with Crippen LogP contribution in [0.1, 0.15) is 33.8 Å². The summed E-state index contributed by atoms with van der Waals surface area (Å²) >= 11 is 18.6. The number of fused-ring (bicyclic) bond motifs is 1. The predicted octanol–water partition coefficient (Wildman–Crippen LogP) is 6.71. The van der Waals surface area contributed by atoms with Gasteiger partial charge in [-0.2, -0.15) is 0 Å². The average molecular weight is 486 g/mol. The van der Waals surface area contributed by atoms with Crippen molar-refractivity contribution in [1.29, 1.82) is 0 Å². The minimum Gasteiger partial charge on any atom is -0.368 e. The van der Waals surface area contributed by atoms with Crippen molar-refractivity contribution in [2.45, 2.75) is 24.8 Å². The summed E-state index contributed by atoms with van der Waals surface area (Å²) < 4.78 is 0. The summed E-state index contributed by atoms with van der Waals surface area (Å²) in [6.07, 6.45) is 2.09. The quantitative estimate of drug-likeness (QED) is 0.412. The standard InChI is InChI=1S/C26H23Cl3N2O/c27-19-6-3-5-18(14-19)26(32)31-13-12-30(20-9-11-23(28)24(29)15-20)16-25(31)22-10-8-17-4-1-2-7-21(17)22/h1-7,9,11,14-15,22,25H,8,10,12-13,16H2/t22-,25-/m1/s1. The van der Waals surface area contributed by atoms with E-state index < -0.39 is 0 Å². The van der Waals surface area contributed by atoms with Gasteiger partial charge in [0, 0.05) is 41.8 Å². The molecule has 0 saturated carbocycles. The van der Waals surface area contributed by atoms with Gasteiger partial charge in [0.05, 0.1) is 16.1 Å². The second-order valence-corrected chi connectivity index (χ2v) is 9.72. The largest absolute Gasteiger partial charge is 0.368 e. The highest BCUT2D eigenvalue weighted by Crippen LogP contribution is 2.40. The van der Waals surface area contributed by atoms with Gasteiger partial charge in [-0.1, -0.05) is 65.1 Å². The molecule has 1 aliphatic heterocycles. The molecular formula is C26H23Cl3N2O. The Morgan fingerprint density at radius 1 is 0.875 bits per heavy atom. The lowest BCUT2D eigenvalue weighted by molar-refractivity contribution is 0.0623. The molecule has 1 fully saturated rings. The Hall–Kier alpha value is -2.20. The normalized spacial score (nSPS) is 20.3. The second kappa shape index (κ2) is 8.97. The molecule has 2 aliphatic rings. The van der Waals surface area contributed by atoms with Gasteiger partial charge in [-0.15, -0.1) is 0 Å². The predicted molar refractivity (Wildman–Crippen MR) is 132 cm³/mol. The Kier molecular flexibility index (Phi) is 6.07. The van der Waals surface area contributed by atoms with Gasteiger partial charge in [0.1, 0.15) is 0 Å². The number of benzene rings is 3. The van der Waals surface area contributed by atoms with Crippen LogP contribution in [0.15, 0.2) is 66.7 Å². The summed E-state index contributed by atoms with van der Waals surface area (Å²) in [6.45, 7) is 2.10. The van der Waals surface area contributed by atoms with Crippen LogP contribution < -0.4 is 4.90 Å². The highest BCUT2D eigenvalue weighted by molar-refractivity contribution is 6.42. The molecule has 0 spiro atoms. The third-order valence-corrected chi connectivity index (χ3v) is 7.64. The monoisotopic (exact) mass is 484 g/mol. The van der Waals surface area contributed by atoms with Crippen molar-refractivity contribution in [1.82, 2.24) is 4.90 Å². The number of nitrogens with zero attached hydrogens (tertiary/aromatic N) is 2. The Bertz CT molecular complexity index is 1170. The smallest absolute Gasteiger partial charge is 0.254 e. The maximum atomic E-state index is 13.6. The van der Waals surface area contributed by atoms with Gasteiger partial charge in [0.25, 0.3) is 5.91 Å². The number of piperazine rings is 1. The molecule has 1 aliphatic carbocycles. The van der Waals surface area contributed by atoms with E-state index in [9.17, 15) is 4.79 Å². The average Bonchev–Trinajstić information content (AvgIpc) is 3.24. The van der Waals surface area contributed by atoms with Crippen molar-refractivity contribution < 1.29 is 4.79 Å². The van der Waals surface area contributed by atoms with Gasteiger partial charge in [-0.25, -0.2) is 0 Å². The molecule has 3 aromatic rings. The van der Waals surface area contributed by atoms with Crippen LogP contribution >= 0.6 is 34.8 Å². The molecule has 0 N–H and O–H groups in total. The van der Waals surface area contributed by atoms with E-state index >= 15 is 0 Å². The maximum absolute atomic E-state index is 13.6. The fraction of sp³-hybridized carbons (Fsp3) is 0.269. The fourth-order valence-electron chi connectivity index (χ4n) is 5.10. The molecule has 3 nitrogen and oxygen atoms in total. The number of aryl methyl sites for hydroxylation is 1. The van der Waals surface area contributed by atoms with E-state index in [4.69, 9.17) is 34.8 Å². The first-order chi connectivity index (χ1) is 15.5. The van der Waals surface area contributed by atoms with Gasteiger partial charge in [-0.05, 0) is 60.4 Å². The Balaban J connectivity index is 1.49. The van der Waals surface area contributed by atoms with E-state index in [0.717, 1.165) is 31.6 Å². The number of carbonyl (C=O) groups excluding carboxylic acids is 1. The molecule has 164 valence electrons. The van der Waals surface area contributed by atoms with Crippen molar-refractivity contribution in [2.24, 2.45) is 0 Å². The summed E-state index contributed by atoms with van der Waals surface area (Å²) in [5.74, 6) is 0.329. The minimum atomic E-state index is 0.0377. The topological polar surface area (TPSA) is 23.6 Å². The third-order valence-electron chi connectivity index (χ3n) is 6.66. The van der Waals surface area contributed by atoms with Crippen molar-refractivity contribution in [3.05, 3.63) is 98.5 Å². The molecule has 2 atom stereocenters. The lowest BCUT2D eigenvalue weighted by atomic mass is 9.89. The van der Waals surface area contributed by atoms with Crippen LogP contribution in [0.4, 0.5) is 5.69 Å². The van der Waals surface area contributed by atoms with Crippen molar-refractivity contribution in [2.75, 3.05) is 24.5 Å². The van der Waals surface area contributed by atoms with Crippen molar-refractivity contribution in [3.63, 3.8) is 0 Å². The molecule has 0 bridgehead atoms. The highest BCUT2D eigenvalue weighted by Gasteiger charge is 2.39. The fourth-order valence-corrected chi connectivity index (χ4v) is 5.58. The first-order valence-electron chi connectivity index (χ1n) is 10.9. The molecule has 6 heteroatoms. The molecule has 0 aromatic heterocycles. The van der Waals surface area contributed by atoms with Gasteiger partial charge in [-0.3, -0.25) is 4.79 Å². The Morgan fingerprint density at radius 3 is 2.53 bits per heavy atom. The highest BCUT2D eigenvalue weighted by atomic mass is 35.5. The number of hydrogen-bond donors (Lipinski definition) is 0. The number of amides is 1. The lowest BCUT2D eigenvalue weighted by Gasteiger charge is -2.45. The van der Waals surface area contributed by atoms with Crippen LogP contribution in [0.3, 0.4) is 0 Å². The second-order valence-electron chi connectivity index (χ2n) is 8.46. The lowest BCUT2D eigenvalue weighted by Crippen LogP contribution is -2.57. The summed E-state index contributed by atoms with van der Waals surface area (Å²) in [4.78, 5) is 17.9. The van der Waals surface area contributed by atoms with Crippen LogP contribution in [0, 0.1) is 0 Å². The number of carbonyl (C=O) groups is 1. The van der Waals surface area contributed by atoms with E-state index in [1.807, 2.05) is 35.2 Å². The van der Waals surface area contributed by atoms with Crippen LogP contribution in [0.5, 0.6) is 0 Å². The third kappa shape index (κ3) is 4.10. The maximum Gasteiger partial charge on any atom is 0.254 e. The summed E-state index contributed by atoms with van der Waals surface area (Å²) in [6, 6.07) is 21.7. The molecule has 1 amide bonds. The molecule has 3 aromatic carbocycles. The number of hydrogen-bond acceptors (Lipinski definition) is 2. The van der Waals surface area contributed by atoms with Crippen LogP contribution in [0.25, 0.3) is 0 Å². The van der Waals surface area contributed by atoms with Crippen LogP contribution in [0.2, 0.25) is 15.1 Å². The molecule has 0 radical (unpaired) electrons. The molecule has 1 saturated heterocycles. The van der Waals surface area contributed by atoms with E-state index in [1.165, 1.54) is 11.1 Å². The molecule has 32 heavy (non-hydrogen) atoms. The van der Waals surface area contributed by atoms with Gasteiger partial charge in [0.15, 0.2) is 0 Å². The molecule has 0 unspecified atom stereocenters. The Morgan fingerprint density at radius 2 is 1.72 bits per heavy atom. The van der Waals surface area contributed by atoms with Gasteiger partial charge in [0.2, 0.25) is 0 Å². The van der Waals surface area contributed by atoms with Crippen LogP contribution in [-0.4, -0.2) is 36.5 Å². The summed E-state index contributed by atoms with van der Waals surface area (Å²) in [5.41, 5.74) is 4.42.